The molecule has 2 rings (SSSR count). The molecule has 0 atom stereocenters. The number of sulfonamides is 1. The number of aromatic nitrogens is 1. The zero-order valence-electron chi connectivity index (χ0n) is 8.84. The van der Waals surface area contributed by atoms with Gasteiger partial charge >= 0.3 is 0 Å². The zero-order valence-corrected chi connectivity index (χ0v) is 12.6. The van der Waals surface area contributed by atoms with Crippen molar-refractivity contribution in [3.63, 3.8) is 0 Å². The second kappa shape index (κ2) is 4.91. The van der Waals surface area contributed by atoms with Crippen LogP contribution < -0.4 is 4.72 Å². The van der Waals surface area contributed by atoms with E-state index in [1.807, 2.05) is 6.92 Å². The molecule has 0 amide bonds. The van der Waals surface area contributed by atoms with Crippen molar-refractivity contribution in [2.75, 3.05) is 4.72 Å². The Hall–Kier alpha value is -0.670. The fourth-order valence-electron chi connectivity index (χ4n) is 1.19. The molecule has 0 fully saturated rings. The molecule has 0 aliphatic carbocycles. The number of benzene rings is 1. The minimum Gasteiger partial charge on any atom is -0.255 e. The summed E-state index contributed by atoms with van der Waals surface area (Å²) < 4.78 is 27.4. The van der Waals surface area contributed by atoms with Crippen LogP contribution in [0.5, 0.6) is 0 Å². The van der Waals surface area contributed by atoms with Gasteiger partial charge < -0.3 is 0 Å². The summed E-state index contributed by atoms with van der Waals surface area (Å²) in [5.41, 5.74) is 0. The molecule has 0 unspecified atom stereocenters. The van der Waals surface area contributed by atoms with Crippen LogP contribution in [0.3, 0.4) is 0 Å². The van der Waals surface area contributed by atoms with Crippen molar-refractivity contribution >= 4 is 49.1 Å². The third-order valence-electron chi connectivity index (χ3n) is 1.97. The molecular weight excluding hydrogens is 371 g/mol. The summed E-state index contributed by atoms with van der Waals surface area (Å²) in [6.45, 7) is 1.88. The van der Waals surface area contributed by atoms with Crippen LogP contribution in [0.2, 0.25) is 0 Å². The highest BCUT2D eigenvalue weighted by molar-refractivity contribution is 14.1. The first-order valence-corrected chi connectivity index (χ1v) is 8.06. The van der Waals surface area contributed by atoms with Gasteiger partial charge in [0.25, 0.3) is 10.0 Å². The van der Waals surface area contributed by atoms with E-state index in [1.165, 1.54) is 11.3 Å². The molecule has 0 saturated carbocycles. The van der Waals surface area contributed by atoms with E-state index in [0.717, 1.165) is 8.45 Å². The molecule has 90 valence electrons. The molecule has 1 heterocycles. The van der Waals surface area contributed by atoms with E-state index in [1.54, 1.807) is 30.5 Å². The van der Waals surface area contributed by atoms with Crippen LogP contribution in [0.25, 0.3) is 0 Å². The largest absolute Gasteiger partial charge is 0.263 e. The van der Waals surface area contributed by atoms with Gasteiger partial charge in [0, 0.05) is 14.6 Å². The van der Waals surface area contributed by atoms with Crippen molar-refractivity contribution in [1.82, 2.24) is 4.98 Å². The van der Waals surface area contributed by atoms with E-state index in [0.29, 0.717) is 5.13 Å². The predicted molar refractivity (Wildman–Crippen MR) is 76.8 cm³/mol. The highest BCUT2D eigenvalue weighted by Crippen LogP contribution is 2.21. The van der Waals surface area contributed by atoms with E-state index >= 15 is 0 Å². The molecule has 4 nitrogen and oxygen atoms in total. The summed E-state index contributed by atoms with van der Waals surface area (Å²) in [6.07, 6.45) is 1.64. The number of thiazole rings is 1. The monoisotopic (exact) mass is 380 g/mol. The van der Waals surface area contributed by atoms with Crippen molar-refractivity contribution in [1.29, 1.82) is 0 Å². The highest BCUT2D eigenvalue weighted by Gasteiger charge is 2.15. The molecule has 1 aromatic carbocycles. The lowest BCUT2D eigenvalue weighted by Crippen LogP contribution is -2.12. The molecule has 7 heteroatoms. The minimum absolute atomic E-state index is 0.241. The number of rotatable bonds is 3. The summed E-state index contributed by atoms with van der Waals surface area (Å²) in [5.74, 6) is 0. The van der Waals surface area contributed by atoms with Crippen LogP contribution in [0, 0.1) is 10.5 Å². The summed E-state index contributed by atoms with van der Waals surface area (Å²) in [4.78, 5) is 5.18. The Morgan fingerprint density at radius 1 is 1.29 bits per heavy atom. The van der Waals surface area contributed by atoms with Gasteiger partial charge in [-0.15, -0.1) is 11.3 Å². The molecule has 0 aliphatic heterocycles. The number of aryl methyl sites for hydroxylation is 1. The van der Waals surface area contributed by atoms with Gasteiger partial charge in [0.1, 0.15) is 0 Å². The van der Waals surface area contributed by atoms with E-state index in [-0.39, 0.29) is 4.90 Å². The van der Waals surface area contributed by atoms with E-state index < -0.39 is 10.0 Å². The lowest BCUT2D eigenvalue weighted by Gasteiger charge is -2.04. The smallest absolute Gasteiger partial charge is 0.255 e. The molecule has 0 saturated heterocycles. The van der Waals surface area contributed by atoms with Crippen molar-refractivity contribution in [2.45, 2.75) is 11.8 Å². The lowest BCUT2D eigenvalue weighted by molar-refractivity contribution is 0.601. The molecule has 17 heavy (non-hydrogen) atoms. The molecule has 0 bridgehead atoms. The number of nitrogens with zero attached hydrogens (tertiary/aromatic N) is 1. The standard InChI is InChI=1S/C10H9IN2O2S2/c1-7-6-12-10(16-7)13-17(14,15)9-4-2-8(11)3-5-9/h2-6H,1H3,(H,12,13). The lowest BCUT2D eigenvalue weighted by atomic mass is 10.4. The third kappa shape index (κ3) is 3.17. The molecule has 1 aromatic heterocycles. The first kappa shape index (κ1) is 12.8. The normalized spacial score (nSPS) is 11.4. The van der Waals surface area contributed by atoms with Crippen LogP contribution in [-0.2, 0) is 10.0 Å². The second-order valence-corrected chi connectivity index (χ2v) is 7.50. The van der Waals surface area contributed by atoms with Crippen LogP contribution >= 0.6 is 33.9 Å². The summed E-state index contributed by atoms with van der Waals surface area (Å²) in [7, 11) is -3.52. The maximum absolute atomic E-state index is 12.0. The van der Waals surface area contributed by atoms with Crippen molar-refractivity contribution in [3.05, 3.63) is 38.9 Å². The molecule has 2 aromatic rings. The maximum Gasteiger partial charge on any atom is 0.263 e. The average Bonchev–Trinajstić information content (AvgIpc) is 2.63. The van der Waals surface area contributed by atoms with Crippen molar-refractivity contribution < 1.29 is 8.42 Å². The highest BCUT2D eigenvalue weighted by atomic mass is 127. The van der Waals surface area contributed by atoms with Gasteiger partial charge in [-0.25, -0.2) is 13.4 Å². The Kier molecular flexibility index (Phi) is 3.69. The zero-order chi connectivity index (χ0) is 12.5. The van der Waals surface area contributed by atoms with Crippen molar-refractivity contribution in [2.24, 2.45) is 0 Å². The van der Waals surface area contributed by atoms with Gasteiger partial charge in [-0.05, 0) is 53.8 Å². The quantitative estimate of drug-likeness (QED) is 0.834. The number of anilines is 1. The van der Waals surface area contributed by atoms with Crippen LogP contribution in [-0.4, -0.2) is 13.4 Å². The van der Waals surface area contributed by atoms with E-state index in [4.69, 9.17) is 0 Å². The maximum atomic E-state index is 12.0. The molecular formula is C10H9IN2O2S2. The number of nitrogens with one attached hydrogen (secondary N) is 1. The van der Waals surface area contributed by atoms with Crippen LogP contribution in [0.15, 0.2) is 35.4 Å². The van der Waals surface area contributed by atoms with E-state index in [2.05, 4.69) is 32.3 Å². The van der Waals surface area contributed by atoms with Crippen LogP contribution in [0.4, 0.5) is 5.13 Å². The van der Waals surface area contributed by atoms with Crippen molar-refractivity contribution in [3.8, 4) is 0 Å². The number of hydrogen-bond acceptors (Lipinski definition) is 4. The summed E-state index contributed by atoms with van der Waals surface area (Å²) >= 11 is 3.44. The van der Waals surface area contributed by atoms with Crippen LogP contribution in [0.1, 0.15) is 4.88 Å². The first-order valence-electron chi connectivity index (χ1n) is 4.68. The average molecular weight is 380 g/mol. The second-order valence-electron chi connectivity index (χ2n) is 3.34. The molecule has 0 radical (unpaired) electrons. The van der Waals surface area contributed by atoms with Gasteiger partial charge in [-0.3, -0.25) is 4.72 Å². The van der Waals surface area contributed by atoms with Gasteiger partial charge in [-0.1, -0.05) is 0 Å². The Labute approximate surface area is 117 Å². The minimum atomic E-state index is -3.52. The first-order chi connectivity index (χ1) is 7.97. The number of hydrogen-bond donors (Lipinski definition) is 1. The molecule has 0 spiro atoms. The van der Waals surface area contributed by atoms with Gasteiger partial charge in [0.2, 0.25) is 0 Å². The fraction of sp³-hybridized carbons (Fsp3) is 0.100. The third-order valence-corrected chi connectivity index (χ3v) is 5.00. The fourth-order valence-corrected chi connectivity index (χ4v) is 3.46. The Balaban J connectivity index is 2.28. The number of halogens is 1. The van der Waals surface area contributed by atoms with Gasteiger partial charge in [-0.2, -0.15) is 0 Å². The molecule has 0 aliphatic rings. The predicted octanol–water partition coefficient (Wildman–Crippen LogP) is 2.86. The summed E-state index contributed by atoms with van der Waals surface area (Å²) in [5, 5.41) is 0.390. The SMILES string of the molecule is Cc1cnc(NS(=O)(=O)c2ccc(I)cc2)s1. The Morgan fingerprint density at radius 2 is 1.94 bits per heavy atom. The Bertz CT molecular complexity index is 620. The summed E-state index contributed by atoms with van der Waals surface area (Å²) in [6, 6.07) is 6.65. The Morgan fingerprint density at radius 3 is 2.47 bits per heavy atom. The topological polar surface area (TPSA) is 59.1 Å². The van der Waals surface area contributed by atoms with Gasteiger partial charge in [0.15, 0.2) is 5.13 Å². The molecule has 1 N–H and O–H groups in total. The van der Waals surface area contributed by atoms with E-state index in [9.17, 15) is 8.42 Å². The van der Waals surface area contributed by atoms with Gasteiger partial charge in [0.05, 0.1) is 4.90 Å².